The summed E-state index contributed by atoms with van der Waals surface area (Å²) in [5, 5.41) is 5.57. The van der Waals surface area contributed by atoms with Crippen LogP contribution in [0.15, 0.2) is 71.6 Å². The molecule has 0 aliphatic carbocycles. The van der Waals surface area contributed by atoms with Gasteiger partial charge >= 0.3 is 6.18 Å². The molecule has 3 N–H and O–H groups in total. The van der Waals surface area contributed by atoms with Gasteiger partial charge in [0.1, 0.15) is 11.1 Å². The molecule has 1 amide bonds. The molecule has 1 aliphatic heterocycles. The number of rotatable bonds is 4. The Hall–Kier alpha value is -3.37. The predicted octanol–water partition coefficient (Wildman–Crippen LogP) is 4.92. The van der Waals surface area contributed by atoms with E-state index in [1.54, 1.807) is 12.1 Å². The van der Waals surface area contributed by atoms with Gasteiger partial charge in [-0.15, -0.1) is 0 Å². The highest BCUT2D eigenvalue weighted by molar-refractivity contribution is 7.89. The average molecular weight is 475 g/mol. The van der Waals surface area contributed by atoms with Gasteiger partial charge in [0.2, 0.25) is 10.0 Å². The zero-order valence-corrected chi connectivity index (χ0v) is 18.2. The lowest BCUT2D eigenvalue weighted by Gasteiger charge is -2.29. The fraction of sp³-hybridized carbons (Fsp3) is 0.174. The maximum atomic E-state index is 13.1. The molecule has 172 valence electrons. The quantitative estimate of drug-likeness (QED) is 0.500. The standard InChI is InChI=1S/C23H20F3N3O3S/c1-2-14-3-10-18(11-4-14)27-22(30)16-7-5-15(6-8-16)21-28-19-13-17(23(24,25)26)9-12-20(19)33(31,32)29-21/h3-13,21,28-29H,2H2,1H3,(H,27,30)/t21-/m0/s1. The smallest absolute Gasteiger partial charge is 0.364 e. The Morgan fingerprint density at radius 2 is 1.67 bits per heavy atom. The van der Waals surface area contributed by atoms with Crippen molar-refractivity contribution in [2.45, 2.75) is 30.6 Å². The summed E-state index contributed by atoms with van der Waals surface area (Å²) in [5.41, 5.74) is 1.46. The van der Waals surface area contributed by atoms with Gasteiger partial charge in [0, 0.05) is 11.3 Å². The van der Waals surface area contributed by atoms with Crippen molar-refractivity contribution in [3.05, 3.63) is 89.0 Å². The molecular weight excluding hydrogens is 455 g/mol. The second kappa shape index (κ2) is 8.53. The number of amides is 1. The summed E-state index contributed by atoms with van der Waals surface area (Å²) in [7, 11) is -4.03. The van der Waals surface area contributed by atoms with Crippen LogP contribution >= 0.6 is 0 Å². The van der Waals surface area contributed by atoms with Crippen LogP contribution in [0, 0.1) is 0 Å². The summed E-state index contributed by atoms with van der Waals surface area (Å²) < 4.78 is 66.7. The Kier molecular flexibility index (Phi) is 5.89. The topological polar surface area (TPSA) is 87.3 Å². The third-order valence-electron chi connectivity index (χ3n) is 5.30. The molecule has 0 saturated carbocycles. The lowest BCUT2D eigenvalue weighted by Crippen LogP contribution is -2.38. The number of carbonyl (C=O) groups excluding carboxylic acids is 1. The molecule has 1 heterocycles. The van der Waals surface area contributed by atoms with Crippen molar-refractivity contribution in [2.24, 2.45) is 0 Å². The highest BCUT2D eigenvalue weighted by Crippen LogP contribution is 2.37. The van der Waals surface area contributed by atoms with Crippen molar-refractivity contribution >= 4 is 27.3 Å². The van der Waals surface area contributed by atoms with E-state index in [0.717, 1.165) is 30.2 Å². The van der Waals surface area contributed by atoms with Crippen molar-refractivity contribution in [2.75, 3.05) is 10.6 Å². The SMILES string of the molecule is CCc1ccc(NC(=O)c2ccc([C@H]3Nc4cc(C(F)(F)F)ccc4S(=O)(=O)N3)cc2)cc1. The summed E-state index contributed by atoms with van der Waals surface area (Å²) in [4.78, 5) is 12.2. The predicted molar refractivity (Wildman–Crippen MR) is 118 cm³/mol. The number of anilines is 2. The number of hydrogen-bond donors (Lipinski definition) is 3. The summed E-state index contributed by atoms with van der Waals surface area (Å²) in [6, 6.07) is 16.0. The number of fused-ring (bicyclic) bond motifs is 1. The van der Waals surface area contributed by atoms with E-state index in [1.807, 2.05) is 19.1 Å². The van der Waals surface area contributed by atoms with Crippen LogP contribution in [-0.4, -0.2) is 14.3 Å². The van der Waals surface area contributed by atoms with Gasteiger partial charge in [-0.05, 0) is 60.0 Å². The van der Waals surface area contributed by atoms with Crippen molar-refractivity contribution in [3.63, 3.8) is 0 Å². The van der Waals surface area contributed by atoms with E-state index in [-0.39, 0.29) is 16.5 Å². The molecule has 0 fully saturated rings. The fourth-order valence-corrected chi connectivity index (χ4v) is 4.75. The fourth-order valence-electron chi connectivity index (χ4n) is 3.46. The first-order chi connectivity index (χ1) is 15.6. The molecule has 1 aliphatic rings. The first-order valence-corrected chi connectivity index (χ1v) is 11.6. The van der Waals surface area contributed by atoms with Gasteiger partial charge in [-0.2, -0.15) is 17.9 Å². The Morgan fingerprint density at radius 1 is 1.00 bits per heavy atom. The van der Waals surface area contributed by atoms with E-state index in [0.29, 0.717) is 16.8 Å². The number of halogens is 3. The van der Waals surface area contributed by atoms with Gasteiger partial charge in [0.05, 0.1) is 11.3 Å². The molecular formula is C23H20F3N3O3S. The minimum atomic E-state index is -4.60. The Labute approximate surface area is 188 Å². The van der Waals surface area contributed by atoms with Crippen LogP contribution in [0.4, 0.5) is 24.5 Å². The largest absolute Gasteiger partial charge is 0.416 e. The van der Waals surface area contributed by atoms with Crippen LogP contribution in [0.3, 0.4) is 0 Å². The van der Waals surface area contributed by atoms with Crippen LogP contribution in [0.5, 0.6) is 0 Å². The Bertz CT molecular complexity index is 1290. The monoisotopic (exact) mass is 475 g/mol. The normalized spacial score (nSPS) is 17.0. The molecule has 0 spiro atoms. The number of sulfonamides is 1. The van der Waals surface area contributed by atoms with Crippen molar-refractivity contribution < 1.29 is 26.4 Å². The van der Waals surface area contributed by atoms with Gasteiger partial charge < -0.3 is 10.6 Å². The van der Waals surface area contributed by atoms with E-state index in [4.69, 9.17) is 0 Å². The molecule has 0 unspecified atom stereocenters. The van der Waals surface area contributed by atoms with E-state index in [1.165, 1.54) is 24.3 Å². The summed E-state index contributed by atoms with van der Waals surface area (Å²) in [6.45, 7) is 2.03. The lowest BCUT2D eigenvalue weighted by atomic mass is 10.1. The zero-order valence-electron chi connectivity index (χ0n) is 17.4. The summed E-state index contributed by atoms with van der Waals surface area (Å²) in [5.74, 6) is -0.344. The second-order valence-corrected chi connectivity index (χ2v) is 9.22. The van der Waals surface area contributed by atoms with Crippen molar-refractivity contribution in [3.8, 4) is 0 Å². The number of benzene rings is 3. The maximum absolute atomic E-state index is 13.1. The molecule has 33 heavy (non-hydrogen) atoms. The molecule has 0 saturated heterocycles. The molecule has 0 radical (unpaired) electrons. The minimum absolute atomic E-state index is 0.147. The van der Waals surface area contributed by atoms with Crippen LogP contribution in [0.25, 0.3) is 0 Å². The van der Waals surface area contributed by atoms with Gasteiger partial charge in [-0.3, -0.25) is 4.79 Å². The van der Waals surface area contributed by atoms with Crippen molar-refractivity contribution in [1.29, 1.82) is 0 Å². The van der Waals surface area contributed by atoms with E-state index in [9.17, 15) is 26.4 Å². The molecule has 0 bridgehead atoms. The van der Waals surface area contributed by atoms with Gasteiger partial charge in [0.15, 0.2) is 0 Å². The average Bonchev–Trinajstić information content (AvgIpc) is 2.78. The van der Waals surface area contributed by atoms with Gasteiger partial charge in [-0.1, -0.05) is 31.2 Å². The third-order valence-corrected chi connectivity index (χ3v) is 6.78. The van der Waals surface area contributed by atoms with E-state index < -0.39 is 27.9 Å². The molecule has 0 aromatic heterocycles. The van der Waals surface area contributed by atoms with Crippen molar-refractivity contribution in [1.82, 2.24) is 4.72 Å². The molecule has 3 aromatic rings. The van der Waals surface area contributed by atoms with E-state index >= 15 is 0 Å². The molecule has 4 rings (SSSR count). The van der Waals surface area contributed by atoms with E-state index in [2.05, 4.69) is 15.4 Å². The summed E-state index contributed by atoms with van der Waals surface area (Å²) >= 11 is 0. The second-order valence-electron chi connectivity index (χ2n) is 7.53. The molecule has 3 aromatic carbocycles. The van der Waals surface area contributed by atoms with Crippen LogP contribution < -0.4 is 15.4 Å². The van der Waals surface area contributed by atoms with Crippen LogP contribution in [0.2, 0.25) is 0 Å². The maximum Gasteiger partial charge on any atom is 0.416 e. The lowest BCUT2D eigenvalue weighted by molar-refractivity contribution is -0.137. The highest BCUT2D eigenvalue weighted by atomic mass is 32.2. The Morgan fingerprint density at radius 3 is 2.27 bits per heavy atom. The first kappa shape index (κ1) is 22.8. The van der Waals surface area contributed by atoms with Gasteiger partial charge in [0.25, 0.3) is 5.91 Å². The number of hydrogen-bond acceptors (Lipinski definition) is 4. The minimum Gasteiger partial charge on any atom is -0.364 e. The number of nitrogens with one attached hydrogen (secondary N) is 3. The Balaban J connectivity index is 1.53. The molecule has 6 nitrogen and oxygen atoms in total. The molecule has 10 heteroatoms. The summed E-state index contributed by atoms with van der Waals surface area (Å²) in [6.07, 6.45) is -4.71. The van der Waals surface area contributed by atoms with Crippen LogP contribution in [0.1, 0.15) is 40.1 Å². The number of aryl methyl sites for hydroxylation is 1. The van der Waals surface area contributed by atoms with Gasteiger partial charge in [-0.25, -0.2) is 8.42 Å². The number of carbonyl (C=O) groups is 1. The molecule has 1 atom stereocenters. The first-order valence-electron chi connectivity index (χ1n) is 10.1. The van der Waals surface area contributed by atoms with Crippen LogP contribution in [-0.2, 0) is 22.6 Å². The zero-order chi connectivity index (χ0) is 23.8. The highest BCUT2D eigenvalue weighted by Gasteiger charge is 2.35. The number of alkyl halides is 3. The third kappa shape index (κ3) is 4.86.